The third kappa shape index (κ3) is 3.73. The highest BCUT2D eigenvalue weighted by atomic mass is 16.5. The number of carboxylic acids is 1. The molecule has 23 heavy (non-hydrogen) atoms. The molecule has 1 saturated heterocycles. The Bertz CT molecular complexity index is 567. The molecule has 1 aromatic heterocycles. The predicted octanol–water partition coefficient (Wildman–Crippen LogP) is 1.95. The predicted molar refractivity (Wildman–Crippen MR) is 90.2 cm³/mol. The molecule has 0 spiro atoms. The van der Waals surface area contributed by atoms with Gasteiger partial charge < -0.3 is 15.2 Å². The van der Waals surface area contributed by atoms with Crippen LogP contribution in [0, 0.1) is 13.8 Å². The van der Waals surface area contributed by atoms with Crippen LogP contribution in [0.15, 0.2) is 0 Å². The zero-order valence-electron chi connectivity index (χ0n) is 14.3. The van der Waals surface area contributed by atoms with Gasteiger partial charge in [-0.15, -0.1) is 0 Å². The number of carbonyl (C=O) groups is 1. The molecule has 1 aliphatic rings. The van der Waals surface area contributed by atoms with Crippen LogP contribution in [0.25, 0.3) is 0 Å². The van der Waals surface area contributed by atoms with Crippen molar-refractivity contribution in [2.24, 2.45) is 0 Å². The number of nitrogens with one attached hydrogen (secondary N) is 2. The third-order valence-electron chi connectivity index (χ3n) is 4.22. The minimum Gasteiger partial charge on any atom is -0.478 e. The van der Waals surface area contributed by atoms with Gasteiger partial charge in [-0.1, -0.05) is 0 Å². The van der Waals surface area contributed by atoms with Gasteiger partial charge in [0, 0.05) is 38.4 Å². The Hall–Kier alpha value is -1.86. The maximum atomic E-state index is 11.7. The fourth-order valence-electron chi connectivity index (χ4n) is 2.94. The van der Waals surface area contributed by atoms with E-state index >= 15 is 0 Å². The summed E-state index contributed by atoms with van der Waals surface area (Å²) in [5.41, 5.74) is 5.37. The number of hydrogen-bond donors (Lipinski definition) is 3. The molecule has 128 valence electrons. The Balaban J connectivity index is 2.48. The molecule has 0 amide bonds. The molecule has 0 atom stereocenters. The molecule has 0 unspecified atom stereocenters. The number of rotatable bonds is 6. The normalized spacial score (nSPS) is 15.5. The molecule has 0 radical (unpaired) electrons. The molecule has 2 heterocycles. The van der Waals surface area contributed by atoms with Crippen LogP contribution in [-0.2, 0) is 4.74 Å². The van der Waals surface area contributed by atoms with E-state index in [-0.39, 0.29) is 11.6 Å². The summed E-state index contributed by atoms with van der Waals surface area (Å²) in [6.07, 6.45) is 1.75. The van der Waals surface area contributed by atoms with E-state index in [1.807, 2.05) is 25.9 Å². The summed E-state index contributed by atoms with van der Waals surface area (Å²) < 4.78 is 5.38. The lowest BCUT2D eigenvalue weighted by Gasteiger charge is -2.29. The quantitative estimate of drug-likeness (QED) is 0.690. The van der Waals surface area contributed by atoms with E-state index in [2.05, 4.69) is 15.7 Å². The summed E-state index contributed by atoms with van der Waals surface area (Å²) in [5, 5.41) is 14.9. The van der Waals surface area contributed by atoms with Crippen molar-refractivity contribution < 1.29 is 14.6 Å². The van der Waals surface area contributed by atoms with Crippen molar-refractivity contribution in [1.82, 2.24) is 10.4 Å². The summed E-state index contributed by atoms with van der Waals surface area (Å²) >= 11 is 0. The minimum absolute atomic E-state index is 0.222. The minimum atomic E-state index is -0.952. The number of pyridine rings is 1. The first-order chi connectivity index (χ1) is 11.0. The second-order valence-electron chi connectivity index (χ2n) is 5.70. The Morgan fingerprint density at radius 1 is 1.39 bits per heavy atom. The first kappa shape index (κ1) is 17.5. The highest BCUT2D eigenvalue weighted by molar-refractivity contribution is 5.97. The number of hydrazine groups is 1. The molecule has 2 rings (SSSR count). The second-order valence-corrected chi connectivity index (χ2v) is 5.70. The Kier molecular flexibility index (Phi) is 5.79. The first-order valence-electron chi connectivity index (χ1n) is 8.03. The molecule has 1 fully saturated rings. The number of aromatic carboxylic acids is 1. The molecule has 1 aromatic rings. The molecule has 1 aliphatic heterocycles. The molecule has 0 bridgehead atoms. The smallest absolute Gasteiger partial charge is 0.339 e. The van der Waals surface area contributed by atoms with E-state index in [1.165, 1.54) is 0 Å². The van der Waals surface area contributed by atoms with Crippen molar-refractivity contribution in [3.63, 3.8) is 0 Å². The van der Waals surface area contributed by atoms with Crippen LogP contribution < -0.4 is 15.8 Å². The van der Waals surface area contributed by atoms with Crippen LogP contribution >= 0.6 is 0 Å². The van der Waals surface area contributed by atoms with Gasteiger partial charge >= 0.3 is 5.97 Å². The van der Waals surface area contributed by atoms with E-state index in [9.17, 15) is 9.90 Å². The van der Waals surface area contributed by atoms with E-state index in [4.69, 9.17) is 4.74 Å². The fraction of sp³-hybridized carbons (Fsp3) is 0.625. The Morgan fingerprint density at radius 3 is 2.57 bits per heavy atom. The zero-order chi connectivity index (χ0) is 17.0. The van der Waals surface area contributed by atoms with Gasteiger partial charge in [0.05, 0.1) is 11.4 Å². The summed E-state index contributed by atoms with van der Waals surface area (Å²) in [6, 6.07) is 0.222. The number of nitrogens with zero attached hydrogens (tertiary/aromatic N) is 2. The average Bonchev–Trinajstić information content (AvgIpc) is 2.53. The third-order valence-corrected chi connectivity index (χ3v) is 4.22. The van der Waals surface area contributed by atoms with Crippen LogP contribution in [-0.4, -0.2) is 48.9 Å². The van der Waals surface area contributed by atoms with Gasteiger partial charge in [0.1, 0.15) is 11.4 Å². The summed E-state index contributed by atoms with van der Waals surface area (Å²) in [4.78, 5) is 16.2. The van der Waals surface area contributed by atoms with E-state index in [0.717, 1.165) is 30.8 Å². The highest BCUT2D eigenvalue weighted by Crippen LogP contribution is 2.31. The first-order valence-corrected chi connectivity index (χ1v) is 8.03. The van der Waals surface area contributed by atoms with Crippen molar-refractivity contribution in [2.45, 2.75) is 39.7 Å². The molecular formula is C16H26N4O3. The van der Waals surface area contributed by atoms with Crippen LogP contribution in [0.2, 0.25) is 0 Å². The maximum Gasteiger partial charge on any atom is 0.339 e. The monoisotopic (exact) mass is 322 g/mol. The van der Waals surface area contributed by atoms with Gasteiger partial charge in [-0.25, -0.2) is 15.2 Å². The molecule has 0 aromatic carbocycles. The summed E-state index contributed by atoms with van der Waals surface area (Å²) in [7, 11) is 1.83. The molecule has 7 nitrogen and oxygen atoms in total. The van der Waals surface area contributed by atoms with Crippen molar-refractivity contribution in [3.8, 4) is 0 Å². The van der Waals surface area contributed by atoms with Gasteiger partial charge in [-0.05, 0) is 33.6 Å². The SMILES string of the molecule is CCN(NC)c1nc(C)c(C(=O)O)c(NC2CCOCC2)c1C. The number of anilines is 2. The highest BCUT2D eigenvalue weighted by Gasteiger charge is 2.24. The van der Waals surface area contributed by atoms with Crippen molar-refractivity contribution in [3.05, 3.63) is 16.8 Å². The van der Waals surface area contributed by atoms with Crippen molar-refractivity contribution in [2.75, 3.05) is 37.1 Å². The largest absolute Gasteiger partial charge is 0.478 e. The molecule has 0 aliphatic carbocycles. The Labute approximate surface area is 137 Å². The molecule has 3 N–H and O–H groups in total. The van der Waals surface area contributed by atoms with Crippen molar-refractivity contribution >= 4 is 17.5 Å². The lowest BCUT2D eigenvalue weighted by molar-refractivity contribution is 0.0696. The Morgan fingerprint density at radius 2 is 2.04 bits per heavy atom. The standard InChI is InChI=1S/C16H26N4O3/c1-5-20(17-4)15-10(2)14(13(16(21)22)11(3)18-15)19-12-6-8-23-9-7-12/h12,17H,5-9H2,1-4H3,(H,18,19)(H,21,22). The van der Waals surface area contributed by atoms with E-state index in [1.54, 1.807) is 6.92 Å². The maximum absolute atomic E-state index is 11.7. The van der Waals surface area contributed by atoms with Crippen LogP contribution in [0.1, 0.15) is 41.4 Å². The summed E-state index contributed by atoms with van der Waals surface area (Å²) in [6.45, 7) is 7.80. The number of aryl methyl sites for hydroxylation is 1. The van der Waals surface area contributed by atoms with Crippen LogP contribution in [0.4, 0.5) is 11.5 Å². The summed E-state index contributed by atoms with van der Waals surface area (Å²) in [5.74, 6) is -0.196. The molecular weight excluding hydrogens is 296 g/mol. The van der Waals surface area contributed by atoms with Crippen LogP contribution in [0.3, 0.4) is 0 Å². The van der Waals surface area contributed by atoms with Gasteiger partial charge in [0.15, 0.2) is 0 Å². The molecule has 0 saturated carbocycles. The lowest BCUT2D eigenvalue weighted by Crippen LogP contribution is -2.37. The fourth-order valence-corrected chi connectivity index (χ4v) is 2.94. The van der Waals surface area contributed by atoms with Crippen molar-refractivity contribution in [1.29, 1.82) is 0 Å². The lowest BCUT2D eigenvalue weighted by atomic mass is 10.0. The van der Waals surface area contributed by atoms with E-state index in [0.29, 0.717) is 24.6 Å². The van der Waals surface area contributed by atoms with Gasteiger partial charge in [0.25, 0.3) is 0 Å². The number of ether oxygens (including phenoxy) is 1. The topological polar surface area (TPSA) is 86.7 Å². The zero-order valence-corrected chi connectivity index (χ0v) is 14.3. The number of aromatic nitrogens is 1. The van der Waals surface area contributed by atoms with Gasteiger partial charge in [0.2, 0.25) is 0 Å². The average molecular weight is 322 g/mol. The second kappa shape index (κ2) is 7.61. The number of hydrogen-bond acceptors (Lipinski definition) is 6. The molecule has 7 heteroatoms. The van der Waals surface area contributed by atoms with E-state index < -0.39 is 5.97 Å². The van der Waals surface area contributed by atoms with Crippen LogP contribution in [0.5, 0.6) is 0 Å². The van der Waals surface area contributed by atoms with Gasteiger partial charge in [-0.2, -0.15) is 0 Å². The number of carboxylic acid groups (broad SMARTS) is 1. The van der Waals surface area contributed by atoms with Gasteiger partial charge in [-0.3, -0.25) is 5.01 Å².